The summed E-state index contributed by atoms with van der Waals surface area (Å²) >= 11 is 0. The number of amides is 1. The number of sulfone groups is 1. The molecule has 0 fully saturated rings. The van der Waals surface area contributed by atoms with Crippen molar-refractivity contribution >= 4 is 21.4 Å². The van der Waals surface area contributed by atoms with Gasteiger partial charge in [0.05, 0.1) is 10.6 Å². The Morgan fingerprint density at radius 3 is 2.38 bits per heavy atom. The lowest BCUT2D eigenvalue weighted by atomic mass is 10.3. The highest BCUT2D eigenvalue weighted by atomic mass is 32.2. The number of anilines is 1. The fraction of sp³-hybridized carbons (Fsp3) is 0.300. The summed E-state index contributed by atoms with van der Waals surface area (Å²) in [6, 6.07) is 5.98. The van der Waals surface area contributed by atoms with E-state index in [1.165, 1.54) is 31.2 Å². The van der Waals surface area contributed by atoms with E-state index in [2.05, 4.69) is 5.32 Å². The van der Waals surface area contributed by atoms with Crippen LogP contribution >= 0.6 is 0 Å². The first-order valence-electron chi connectivity index (χ1n) is 4.74. The van der Waals surface area contributed by atoms with Crippen LogP contribution < -0.4 is 11.1 Å². The molecule has 1 amide bonds. The molecule has 5 nitrogen and oxygen atoms in total. The third-order valence-corrected chi connectivity index (χ3v) is 3.72. The number of hydrogen-bond acceptors (Lipinski definition) is 4. The fourth-order valence-corrected chi connectivity index (χ4v) is 2.31. The van der Waals surface area contributed by atoms with Crippen LogP contribution in [-0.4, -0.2) is 26.6 Å². The van der Waals surface area contributed by atoms with Crippen LogP contribution in [-0.2, 0) is 14.6 Å². The van der Waals surface area contributed by atoms with Gasteiger partial charge in [-0.2, -0.15) is 0 Å². The van der Waals surface area contributed by atoms with E-state index in [0.29, 0.717) is 5.69 Å². The average Bonchev–Trinajstić information content (AvgIpc) is 2.17. The van der Waals surface area contributed by atoms with E-state index < -0.39 is 9.84 Å². The van der Waals surface area contributed by atoms with E-state index >= 15 is 0 Å². The molecule has 0 spiro atoms. The molecule has 1 rings (SSSR count). The van der Waals surface area contributed by atoms with Gasteiger partial charge in [0.2, 0.25) is 5.91 Å². The Kier molecular flexibility index (Phi) is 3.89. The largest absolute Gasteiger partial charge is 0.399 e. The minimum absolute atomic E-state index is 0.113. The zero-order valence-electron chi connectivity index (χ0n) is 8.93. The van der Waals surface area contributed by atoms with Gasteiger partial charge in [-0.1, -0.05) is 0 Å². The van der Waals surface area contributed by atoms with Gasteiger partial charge in [0, 0.05) is 19.2 Å². The molecule has 88 valence electrons. The molecule has 0 aliphatic rings. The summed E-state index contributed by atoms with van der Waals surface area (Å²) in [4.78, 5) is 10.8. The van der Waals surface area contributed by atoms with Crippen molar-refractivity contribution in [1.82, 2.24) is 5.32 Å². The first-order chi connectivity index (χ1) is 7.42. The topological polar surface area (TPSA) is 89.3 Å². The zero-order valence-corrected chi connectivity index (χ0v) is 9.75. The van der Waals surface area contributed by atoms with E-state index in [4.69, 9.17) is 5.73 Å². The molecule has 1 aromatic rings. The Balaban J connectivity index is 2.71. The minimum Gasteiger partial charge on any atom is -0.399 e. The van der Waals surface area contributed by atoms with Crippen LogP contribution in [0.3, 0.4) is 0 Å². The molecule has 0 saturated heterocycles. The maximum Gasteiger partial charge on any atom is 0.216 e. The van der Waals surface area contributed by atoms with Crippen LogP contribution in [0.25, 0.3) is 0 Å². The maximum absolute atomic E-state index is 11.7. The van der Waals surface area contributed by atoms with Crippen LogP contribution in [0.15, 0.2) is 29.2 Å². The van der Waals surface area contributed by atoms with Gasteiger partial charge in [-0.25, -0.2) is 8.42 Å². The van der Waals surface area contributed by atoms with Gasteiger partial charge >= 0.3 is 0 Å². The number of nitrogen functional groups attached to an aromatic ring is 1. The van der Waals surface area contributed by atoms with Crippen LogP contribution in [0.5, 0.6) is 0 Å². The third-order valence-electron chi connectivity index (χ3n) is 1.98. The second kappa shape index (κ2) is 4.98. The highest BCUT2D eigenvalue weighted by Gasteiger charge is 2.13. The SMILES string of the molecule is CC(=O)NCCS(=O)(=O)c1ccc(N)cc1. The van der Waals surface area contributed by atoms with E-state index in [1.807, 2.05) is 0 Å². The summed E-state index contributed by atoms with van der Waals surface area (Å²) in [7, 11) is -3.34. The molecular weight excluding hydrogens is 228 g/mol. The van der Waals surface area contributed by atoms with Crippen molar-refractivity contribution in [2.45, 2.75) is 11.8 Å². The zero-order chi connectivity index (χ0) is 12.2. The van der Waals surface area contributed by atoms with Crippen LogP contribution in [0.2, 0.25) is 0 Å². The Morgan fingerprint density at radius 2 is 1.88 bits per heavy atom. The Bertz CT molecular complexity index is 465. The second-order valence-electron chi connectivity index (χ2n) is 3.37. The molecule has 0 aromatic heterocycles. The number of carbonyl (C=O) groups excluding carboxylic acids is 1. The molecule has 0 aliphatic heterocycles. The lowest BCUT2D eigenvalue weighted by Crippen LogP contribution is -2.26. The lowest BCUT2D eigenvalue weighted by molar-refractivity contribution is -0.118. The molecule has 0 aliphatic carbocycles. The summed E-state index contributed by atoms with van der Waals surface area (Å²) < 4.78 is 23.5. The third kappa shape index (κ3) is 3.54. The van der Waals surface area contributed by atoms with E-state index in [1.54, 1.807) is 0 Å². The molecule has 0 heterocycles. The number of carbonyl (C=O) groups is 1. The summed E-state index contributed by atoms with van der Waals surface area (Å²) in [6.07, 6.45) is 0. The molecule has 3 N–H and O–H groups in total. The molecule has 0 atom stereocenters. The Morgan fingerprint density at radius 1 is 1.31 bits per heavy atom. The molecule has 0 saturated carbocycles. The van der Waals surface area contributed by atoms with Gasteiger partial charge in [0.1, 0.15) is 0 Å². The van der Waals surface area contributed by atoms with Crippen LogP contribution in [0.1, 0.15) is 6.92 Å². The predicted octanol–water partition coefficient (Wildman–Crippen LogP) is 0.179. The average molecular weight is 242 g/mol. The van der Waals surface area contributed by atoms with Gasteiger partial charge in [-0.05, 0) is 24.3 Å². The second-order valence-corrected chi connectivity index (χ2v) is 5.48. The number of benzene rings is 1. The molecule has 0 bridgehead atoms. The first-order valence-corrected chi connectivity index (χ1v) is 6.40. The summed E-state index contributed by atoms with van der Waals surface area (Å²) in [5.74, 6) is -0.358. The molecule has 6 heteroatoms. The number of nitrogens with one attached hydrogen (secondary N) is 1. The van der Waals surface area contributed by atoms with Gasteiger partial charge in [-0.15, -0.1) is 0 Å². The Labute approximate surface area is 94.6 Å². The molecular formula is C10H14N2O3S. The number of nitrogens with two attached hydrogens (primary N) is 1. The smallest absolute Gasteiger partial charge is 0.216 e. The minimum atomic E-state index is -3.34. The van der Waals surface area contributed by atoms with Crippen molar-refractivity contribution in [1.29, 1.82) is 0 Å². The summed E-state index contributed by atoms with van der Waals surface area (Å²) in [5, 5.41) is 2.44. The molecule has 0 radical (unpaired) electrons. The van der Waals surface area contributed by atoms with Gasteiger partial charge in [-0.3, -0.25) is 4.79 Å². The highest BCUT2D eigenvalue weighted by Crippen LogP contribution is 2.12. The van der Waals surface area contributed by atoms with Gasteiger partial charge < -0.3 is 11.1 Å². The molecule has 1 aromatic carbocycles. The van der Waals surface area contributed by atoms with Gasteiger partial charge in [0.25, 0.3) is 0 Å². The number of rotatable bonds is 4. The summed E-state index contributed by atoms with van der Waals surface area (Å²) in [6.45, 7) is 1.46. The fourth-order valence-electron chi connectivity index (χ4n) is 1.15. The predicted molar refractivity (Wildman–Crippen MR) is 61.6 cm³/mol. The highest BCUT2D eigenvalue weighted by molar-refractivity contribution is 7.91. The van der Waals surface area contributed by atoms with Crippen molar-refractivity contribution in [2.75, 3.05) is 18.0 Å². The van der Waals surface area contributed by atoms with Gasteiger partial charge in [0.15, 0.2) is 9.84 Å². The Hall–Kier alpha value is -1.56. The first kappa shape index (κ1) is 12.5. The maximum atomic E-state index is 11.7. The molecule has 0 unspecified atom stereocenters. The standard InChI is InChI=1S/C10H14N2O3S/c1-8(13)12-6-7-16(14,15)10-4-2-9(11)3-5-10/h2-5H,6-7,11H2,1H3,(H,12,13). The van der Waals surface area contributed by atoms with Crippen molar-refractivity contribution in [2.24, 2.45) is 0 Å². The van der Waals surface area contributed by atoms with E-state index in [9.17, 15) is 13.2 Å². The quantitative estimate of drug-likeness (QED) is 0.737. The molecule has 16 heavy (non-hydrogen) atoms. The van der Waals surface area contributed by atoms with Crippen LogP contribution in [0, 0.1) is 0 Å². The number of hydrogen-bond donors (Lipinski definition) is 2. The van der Waals surface area contributed by atoms with E-state index in [0.717, 1.165) is 0 Å². The van der Waals surface area contributed by atoms with E-state index in [-0.39, 0.29) is 23.1 Å². The van der Waals surface area contributed by atoms with Crippen LogP contribution in [0.4, 0.5) is 5.69 Å². The van der Waals surface area contributed by atoms with Crippen molar-refractivity contribution < 1.29 is 13.2 Å². The van der Waals surface area contributed by atoms with Crippen molar-refractivity contribution in [3.63, 3.8) is 0 Å². The lowest BCUT2D eigenvalue weighted by Gasteiger charge is -2.05. The monoisotopic (exact) mass is 242 g/mol. The normalized spacial score (nSPS) is 11.1. The van der Waals surface area contributed by atoms with Crippen molar-refractivity contribution in [3.05, 3.63) is 24.3 Å². The van der Waals surface area contributed by atoms with Crippen molar-refractivity contribution in [3.8, 4) is 0 Å². The summed E-state index contributed by atoms with van der Waals surface area (Å²) in [5.41, 5.74) is 5.97.